The number of ether oxygens (including phenoxy) is 1. The molecule has 0 aromatic rings. The Morgan fingerprint density at radius 2 is 2.00 bits per heavy atom. The molecule has 0 heterocycles. The minimum absolute atomic E-state index is 0.200. The van der Waals surface area contributed by atoms with Gasteiger partial charge in [-0.1, -0.05) is 5.57 Å². The number of rotatable bonds is 7. The molecule has 2 atom stereocenters. The molecule has 0 fully saturated rings. The lowest BCUT2D eigenvalue weighted by molar-refractivity contribution is 0.0826. The maximum Gasteiger partial charge on any atom is 0.0544 e. The molecule has 0 spiro atoms. The number of methoxy groups -OCH3 is 1. The van der Waals surface area contributed by atoms with E-state index < -0.39 is 0 Å². The summed E-state index contributed by atoms with van der Waals surface area (Å²) in [6.45, 7) is 7.81. The van der Waals surface area contributed by atoms with Gasteiger partial charge >= 0.3 is 0 Å². The van der Waals surface area contributed by atoms with Crippen molar-refractivity contribution < 1.29 is 9.84 Å². The Labute approximate surface area is 81.6 Å². The van der Waals surface area contributed by atoms with Crippen molar-refractivity contribution in [2.45, 2.75) is 51.7 Å². The van der Waals surface area contributed by atoms with Gasteiger partial charge in [-0.25, -0.2) is 0 Å². The first kappa shape index (κ1) is 12.7. The summed E-state index contributed by atoms with van der Waals surface area (Å²) in [6.07, 6.45) is 3.54. The van der Waals surface area contributed by atoms with E-state index in [-0.39, 0.29) is 12.2 Å². The van der Waals surface area contributed by atoms with Crippen molar-refractivity contribution in [2.75, 3.05) is 7.11 Å². The monoisotopic (exact) mass is 186 g/mol. The fourth-order valence-electron chi connectivity index (χ4n) is 1.10. The SMILES string of the molecule is C=C(C)CCC(O)CCC(C)OC. The maximum atomic E-state index is 9.55. The second-order valence-electron chi connectivity index (χ2n) is 3.77. The Morgan fingerprint density at radius 3 is 2.46 bits per heavy atom. The fraction of sp³-hybridized carbons (Fsp3) is 0.818. The van der Waals surface area contributed by atoms with Crippen LogP contribution < -0.4 is 0 Å². The van der Waals surface area contributed by atoms with Crippen LogP contribution in [0.25, 0.3) is 0 Å². The van der Waals surface area contributed by atoms with Crippen LogP contribution in [0.5, 0.6) is 0 Å². The van der Waals surface area contributed by atoms with Gasteiger partial charge in [0, 0.05) is 7.11 Å². The predicted molar refractivity (Wildman–Crippen MR) is 55.8 cm³/mol. The van der Waals surface area contributed by atoms with E-state index in [1.807, 2.05) is 13.8 Å². The van der Waals surface area contributed by atoms with Crippen molar-refractivity contribution in [3.63, 3.8) is 0 Å². The largest absolute Gasteiger partial charge is 0.393 e. The zero-order valence-corrected chi connectivity index (χ0v) is 9.05. The third-order valence-electron chi connectivity index (χ3n) is 2.21. The summed E-state index contributed by atoms with van der Waals surface area (Å²) < 4.78 is 5.10. The zero-order chi connectivity index (χ0) is 10.3. The summed E-state index contributed by atoms with van der Waals surface area (Å²) in [5, 5.41) is 9.55. The molecular weight excluding hydrogens is 164 g/mol. The van der Waals surface area contributed by atoms with Crippen LogP contribution in [-0.2, 0) is 4.74 Å². The Hall–Kier alpha value is -0.340. The molecule has 0 radical (unpaired) electrons. The Morgan fingerprint density at radius 1 is 1.38 bits per heavy atom. The molecule has 2 heteroatoms. The van der Waals surface area contributed by atoms with Gasteiger partial charge < -0.3 is 9.84 Å². The van der Waals surface area contributed by atoms with E-state index in [0.717, 1.165) is 31.3 Å². The Balaban J connectivity index is 3.39. The molecule has 1 N–H and O–H groups in total. The quantitative estimate of drug-likeness (QED) is 0.619. The van der Waals surface area contributed by atoms with Gasteiger partial charge in [-0.2, -0.15) is 0 Å². The van der Waals surface area contributed by atoms with E-state index in [4.69, 9.17) is 4.74 Å². The predicted octanol–water partition coefficient (Wildman–Crippen LogP) is 2.52. The zero-order valence-electron chi connectivity index (χ0n) is 9.05. The van der Waals surface area contributed by atoms with Crippen LogP contribution in [0.15, 0.2) is 12.2 Å². The molecule has 0 saturated heterocycles. The summed E-state index contributed by atoms with van der Waals surface area (Å²) in [4.78, 5) is 0. The highest BCUT2D eigenvalue weighted by Crippen LogP contribution is 2.11. The van der Waals surface area contributed by atoms with Gasteiger partial charge in [0.1, 0.15) is 0 Å². The van der Waals surface area contributed by atoms with Gasteiger partial charge in [0.25, 0.3) is 0 Å². The van der Waals surface area contributed by atoms with E-state index in [1.54, 1.807) is 7.11 Å². The molecular formula is C11H22O2. The van der Waals surface area contributed by atoms with E-state index in [2.05, 4.69) is 6.58 Å². The highest BCUT2D eigenvalue weighted by molar-refractivity contribution is 4.88. The highest BCUT2D eigenvalue weighted by Gasteiger charge is 2.06. The molecule has 0 bridgehead atoms. The molecule has 0 aliphatic rings. The van der Waals surface area contributed by atoms with Gasteiger partial charge in [0.15, 0.2) is 0 Å². The molecule has 2 nitrogen and oxygen atoms in total. The number of hydrogen-bond donors (Lipinski definition) is 1. The van der Waals surface area contributed by atoms with Crippen LogP contribution >= 0.6 is 0 Å². The van der Waals surface area contributed by atoms with E-state index in [9.17, 15) is 5.11 Å². The fourth-order valence-corrected chi connectivity index (χ4v) is 1.10. The standard InChI is InChI=1S/C11H22O2/c1-9(2)5-7-11(12)8-6-10(3)13-4/h10-12H,1,5-8H2,2-4H3. The van der Waals surface area contributed by atoms with Crippen LogP contribution in [0, 0.1) is 0 Å². The Kier molecular flexibility index (Phi) is 6.92. The van der Waals surface area contributed by atoms with Crippen LogP contribution in [0.1, 0.15) is 39.5 Å². The van der Waals surface area contributed by atoms with Crippen LogP contribution in [0.3, 0.4) is 0 Å². The van der Waals surface area contributed by atoms with Crippen molar-refractivity contribution in [1.82, 2.24) is 0 Å². The van der Waals surface area contributed by atoms with Crippen molar-refractivity contribution in [3.05, 3.63) is 12.2 Å². The molecule has 78 valence electrons. The topological polar surface area (TPSA) is 29.5 Å². The first-order chi connectivity index (χ1) is 6.06. The molecule has 0 aliphatic carbocycles. The summed E-state index contributed by atoms with van der Waals surface area (Å²) in [5.41, 5.74) is 1.14. The second kappa shape index (κ2) is 7.10. The summed E-state index contributed by atoms with van der Waals surface area (Å²) in [7, 11) is 1.70. The maximum absolute atomic E-state index is 9.55. The average molecular weight is 186 g/mol. The minimum Gasteiger partial charge on any atom is -0.393 e. The van der Waals surface area contributed by atoms with E-state index in [0.29, 0.717) is 0 Å². The van der Waals surface area contributed by atoms with Crippen LogP contribution in [0.2, 0.25) is 0 Å². The van der Waals surface area contributed by atoms with Gasteiger partial charge in [-0.3, -0.25) is 0 Å². The third kappa shape index (κ3) is 8.00. The summed E-state index contributed by atoms with van der Waals surface area (Å²) in [5.74, 6) is 0. The molecule has 0 aromatic heterocycles. The van der Waals surface area contributed by atoms with Gasteiger partial charge in [-0.05, 0) is 39.5 Å². The first-order valence-corrected chi connectivity index (χ1v) is 4.91. The minimum atomic E-state index is -0.200. The van der Waals surface area contributed by atoms with Gasteiger partial charge in [-0.15, -0.1) is 6.58 Å². The van der Waals surface area contributed by atoms with E-state index >= 15 is 0 Å². The lowest BCUT2D eigenvalue weighted by Gasteiger charge is -2.13. The number of aliphatic hydroxyl groups is 1. The smallest absolute Gasteiger partial charge is 0.0544 e. The van der Waals surface area contributed by atoms with Gasteiger partial charge in [0.05, 0.1) is 12.2 Å². The second-order valence-corrected chi connectivity index (χ2v) is 3.77. The summed E-state index contributed by atoms with van der Waals surface area (Å²) >= 11 is 0. The number of allylic oxidation sites excluding steroid dienone is 1. The lowest BCUT2D eigenvalue weighted by Crippen LogP contribution is -2.12. The molecule has 13 heavy (non-hydrogen) atoms. The third-order valence-corrected chi connectivity index (χ3v) is 2.21. The molecule has 0 amide bonds. The normalized spacial score (nSPS) is 15.4. The number of aliphatic hydroxyl groups excluding tert-OH is 1. The molecule has 0 aromatic carbocycles. The lowest BCUT2D eigenvalue weighted by atomic mass is 10.0. The van der Waals surface area contributed by atoms with Crippen molar-refractivity contribution in [1.29, 1.82) is 0 Å². The Bertz CT molecular complexity index is 143. The van der Waals surface area contributed by atoms with Crippen molar-refractivity contribution in [2.24, 2.45) is 0 Å². The van der Waals surface area contributed by atoms with Crippen molar-refractivity contribution >= 4 is 0 Å². The van der Waals surface area contributed by atoms with Crippen molar-refractivity contribution in [3.8, 4) is 0 Å². The van der Waals surface area contributed by atoms with Gasteiger partial charge in [0.2, 0.25) is 0 Å². The molecule has 0 rings (SSSR count). The average Bonchev–Trinajstić information content (AvgIpc) is 2.10. The number of hydrogen-bond acceptors (Lipinski definition) is 2. The first-order valence-electron chi connectivity index (χ1n) is 4.91. The van der Waals surface area contributed by atoms with E-state index in [1.165, 1.54) is 0 Å². The molecule has 0 saturated carbocycles. The van der Waals surface area contributed by atoms with Crippen LogP contribution in [-0.4, -0.2) is 24.4 Å². The van der Waals surface area contributed by atoms with Crippen LogP contribution in [0.4, 0.5) is 0 Å². The summed E-state index contributed by atoms with van der Waals surface area (Å²) in [6, 6.07) is 0. The molecule has 2 unspecified atom stereocenters. The highest BCUT2D eigenvalue weighted by atomic mass is 16.5. The molecule has 0 aliphatic heterocycles.